The van der Waals surface area contributed by atoms with Crippen LogP contribution < -0.4 is 0 Å². The van der Waals surface area contributed by atoms with Gasteiger partial charge in [-0.05, 0) is 37.6 Å². The number of hydrogen-bond donors (Lipinski definition) is 0. The molecule has 0 aliphatic rings. The van der Waals surface area contributed by atoms with Crippen molar-refractivity contribution < 1.29 is 4.79 Å². The van der Waals surface area contributed by atoms with E-state index in [1.165, 1.54) is 11.3 Å². The van der Waals surface area contributed by atoms with Crippen molar-refractivity contribution in [3.8, 4) is 0 Å². The molecule has 0 aliphatic carbocycles. The van der Waals surface area contributed by atoms with Gasteiger partial charge in [0.1, 0.15) is 0 Å². The van der Waals surface area contributed by atoms with Gasteiger partial charge in [-0.3, -0.25) is 4.79 Å². The van der Waals surface area contributed by atoms with Gasteiger partial charge in [0.05, 0.1) is 14.9 Å². The van der Waals surface area contributed by atoms with Crippen LogP contribution in [0.5, 0.6) is 0 Å². The van der Waals surface area contributed by atoms with E-state index in [4.69, 9.17) is 23.2 Å². The van der Waals surface area contributed by atoms with E-state index in [0.29, 0.717) is 20.5 Å². The maximum absolute atomic E-state index is 12.3. The molecule has 1 aromatic heterocycles. The first-order valence-corrected chi connectivity index (χ1v) is 6.63. The average molecular weight is 285 g/mol. The van der Waals surface area contributed by atoms with Crippen LogP contribution in [0.2, 0.25) is 10.0 Å². The second-order valence-electron chi connectivity index (χ2n) is 3.78. The molecule has 0 atom stereocenters. The molecule has 0 fully saturated rings. The number of halogens is 2. The van der Waals surface area contributed by atoms with Gasteiger partial charge >= 0.3 is 0 Å². The van der Waals surface area contributed by atoms with Crippen molar-refractivity contribution in [2.75, 3.05) is 0 Å². The average Bonchev–Trinajstić information content (AvgIpc) is 2.62. The van der Waals surface area contributed by atoms with E-state index in [1.54, 1.807) is 18.2 Å². The maximum Gasteiger partial charge on any atom is 0.204 e. The summed E-state index contributed by atoms with van der Waals surface area (Å²) in [5.74, 6) is -0.0706. The maximum atomic E-state index is 12.3. The molecule has 2 rings (SSSR count). The predicted molar refractivity (Wildman–Crippen MR) is 73.7 cm³/mol. The summed E-state index contributed by atoms with van der Waals surface area (Å²) >= 11 is 13.4. The number of rotatable bonds is 2. The fourth-order valence-corrected chi connectivity index (χ4v) is 2.87. The van der Waals surface area contributed by atoms with Crippen LogP contribution in [0.25, 0.3) is 0 Å². The van der Waals surface area contributed by atoms with Crippen LogP contribution in [0.4, 0.5) is 0 Å². The Morgan fingerprint density at radius 2 is 1.94 bits per heavy atom. The molecule has 0 spiro atoms. The summed E-state index contributed by atoms with van der Waals surface area (Å²) in [6.07, 6.45) is 0. The molecule has 0 radical (unpaired) electrons. The molecule has 4 heteroatoms. The number of thiophene rings is 1. The molecule has 1 heterocycles. The number of carbonyl (C=O) groups excluding carboxylic acids is 1. The summed E-state index contributed by atoms with van der Waals surface area (Å²) in [7, 11) is 0. The van der Waals surface area contributed by atoms with Crippen molar-refractivity contribution in [3.63, 3.8) is 0 Å². The minimum atomic E-state index is -0.0706. The molecule has 0 bridgehead atoms. The standard InChI is InChI=1S/C13H10Cl2OS/c1-7-6-11(17-8(7)2)13(16)9-4-3-5-10(14)12(9)15/h3-6H,1-2H3. The Morgan fingerprint density at radius 1 is 1.24 bits per heavy atom. The highest BCUT2D eigenvalue weighted by Gasteiger charge is 2.17. The van der Waals surface area contributed by atoms with Crippen LogP contribution in [0.1, 0.15) is 25.7 Å². The van der Waals surface area contributed by atoms with Gasteiger partial charge in [0.25, 0.3) is 0 Å². The van der Waals surface area contributed by atoms with Gasteiger partial charge in [-0.15, -0.1) is 11.3 Å². The number of aryl methyl sites for hydroxylation is 2. The van der Waals surface area contributed by atoms with Gasteiger partial charge in [-0.1, -0.05) is 29.3 Å². The van der Waals surface area contributed by atoms with Crippen molar-refractivity contribution in [3.05, 3.63) is 55.2 Å². The van der Waals surface area contributed by atoms with Gasteiger partial charge in [0.2, 0.25) is 5.78 Å². The first-order chi connectivity index (χ1) is 8.00. The Kier molecular flexibility index (Phi) is 3.57. The van der Waals surface area contributed by atoms with E-state index in [2.05, 4.69) is 0 Å². The van der Waals surface area contributed by atoms with Gasteiger partial charge in [-0.2, -0.15) is 0 Å². The minimum absolute atomic E-state index is 0.0706. The topological polar surface area (TPSA) is 17.1 Å². The van der Waals surface area contributed by atoms with Crippen LogP contribution in [0.3, 0.4) is 0 Å². The molecule has 88 valence electrons. The first-order valence-electron chi connectivity index (χ1n) is 5.06. The van der Waals surface area contributed by atoms with Crippen LogP contribution >= 0.6 is 34.5 Å². The summed E-state index contributed by atoms with van der Waals surface area (Å²) < 4.78 is 0. The van der Waals surface area contributed by atoms with Crippen LogP contribution in [0, 0.1) is 13.8 Å². The highest BCUT2D eigenvalue weighted by Crippen LogP contribution is 2.30. The van der Waals surface area contributed by atoms with E-state index in [0.717, 1.165) is 10.4 Å². The van der Waals surface area contributed by atoms with Crippen LogP contribution in [-0.4, -0.2) is 5.78 Å². The Labute approximate surface area is 114 Å². The van der Waals surface area contributed by atoms with Crippen molar-refractivity contribution in [2.45, 2.75) is 13.8 Å². The quantitative estimate of drug-likeness (QED) is 0.717. The lowest BCUT2D eigenvalue weighted by molar-refractivity contribution is 0.104. The molecule has 1 nitrogen and oxygen atoms in total. The summed E-state index contributed by atoms with van der Waals surface area (Å²) in [5.41, 5.74) is 1.58. The Balaban J connectivity index is 2.47. The molecule has 0 saturated carbocycles. The van der Waals surface area contributed by atoms with Gasteiger partial charge in [-0.25, -0.2) is 0 Å². The van der Waals surface area contributed by atoms with Crippen molar-refractivity contribution in [2.24, 2.45) is 0 Å². The third-order valence-corrected chi connectivity index (χ3v) is 4.56. The molecule has 1 aromatic carbocycles. The second-order valence-corrected chi connectivity index (χ2v) is 5.82. The number of carbonyl (C=O) groups is 1. The smallest absolute Gasteiger partial charge is 0.204 e. The fraction of sp³-hybridized carbons (Fsp3) is 0.154. The largest absolute Gasteiger partial charge is 0.288 e. The zero-order chi connectivity index (χ0) is 12.6. The molecule has 0 unspecified atom stereocenters. The van der Waals surface area contributed by atoms with E-state index in [1.807, 2.05) is 19.9 Å². The van der Waals surface area contributed by atoms with Gasteiger partial charge < -0.3 is 0 Å². The fourth-order valence-electron chi connectivity index (χ4n) is 1.50. The lowest BCUT2D eigenvalue weighted by Crippen LogP contribution is -1.99. The molecular formula is C13H10Cl2OS. The van der Waals surface area contributed by atoms with Crippen molar-refractivity contribution in [1.82, 2.24) is 0 Å². The third-order valence-electron chi connectivity index (χ3n) is 2.59. The number of ketones is 1. The van der Waals surface area contributed by atoms with Crippen LogP contribution in [0.15, 0.2) is 24.3 Å². The summed E-state index contributed by atoms with van der Waals surface area (Å²) in [5, 5.41) is 0.727. The number of hydrogen-bond acceptors (Lipinski definition) is 2. The lowest BCUT2D eigenvalue weighted by Gasteiger charge is -2.02. The minimum Gasteiger partial charge on any atom is -0.288 e. The predicted octanol–water partition coefficient (Wildman–Crippen LogP) is 4.90. The monoisotopic (exact) mass is 284 g/mol. The molecule has 0 saturated heterocycles. The highest BCUT2D eigenvalue weighted by atomic mass is 35.5. The van der Waals surface area contributed by atoms with Gasteiger partial charge in [0, 0.05) is 10.4 Å². The molecule has 0 N–H and O–H groups in total. The first kappa shape index (κ1) is 12.6. The normalized spacial score (nSPS) is 10.6. The Bertz CT molecular complexity index is 568. The van der Waals surface area contributed by atoms with E-state index in [-0.39, 0.29) is 5.78 Å². The van der Waals surface area contributed by atoms with Crippen molar-refractivity contribution >= 4 is 40.3 Å². The Morgan fingerprint density at radius 3 is 2.53 bits per heavy atom. The lowest BCUT2D eigenvalue weighted by atomic mass is 10.1. The summed E-state index contributed by atoms with van der Waals surface area (Å²) in [4.78, 5) is 14.1. The zero-order valence-electron chi connectivity index (χ0n) is 9.38. The third kappa shape index (κ3) is 2.39. The molecular weight excluding hydrogens is 275 g/mol. The SMILES string of the molecule is Cc1cc(C(=O)c2cccc(Cl)c2Cl)sc1C. The molecule has 0 amide bonds. The van der Waals surface area contributed by atoms with E-state index >= 15 is 0 Å². The molecule has 17 heavy (non-hydrogen) atoms. The van der Waals surface area contributed by atoms with E-state index in [9.17, 15) is 4.79 Å². The molecule has 2 aromatic rings. The van der Waals surface area contributed by atoms with E-state index < -0.39 is 0 Å². The number of benzene rings is 1. The molecule has 0 aliphatic heterocycles. The van der Waals surface area contributed by atoms with Crippen molar-refractivity contribution in [1.29, 1.82) is 0 Å². The zero-order valence-corrected chi connectivity index (χ0v) is 11.7. The summed E-state index contributed by atoms with van der Waals surface area (Å²) in [6, 6.07) is 6.99. The second kappa shape index (κ2) is 4.81. The summed E-state index contributed by atoms with van der Waals surface area (Å²) in [6.45, 7) is 3.98. The van der Waals surface area contributed by atoms with Gasteiger partial charge in [0.15, 0.2) is 0 Å². The Hall–Kier alpha value is -0.830. The van der Waals surface area contributed by atoms with Crippen LogP contribution in [-0.2, 0) is 0 Å². The highest BCUT2D eigenvalue weighted by molar-refractivity contribution is 7.14.